The second kappa shape index (κ2) is 4.97. The van der Waals surface area contributed by atoms with Crippen LogP contribution < -0.4 is 10.6 Å². The molecule has 1 heterocycles. The molecule has 4 aliphatic carbocycles. The van der Waals surface area contributed by atoms with Crippen molar-refractivity contribution < 1.29 is 4.79 Å². The molecule has 2 N–H and O–H groups in total. The minimum atomic E-state index is -0.252. The fourth-order valence-electron chi connectivity index (χ4n) is 6.38. The molecule has 3 nitrogen and oxygen atoms in total. The zero-order chi connectivity index (χ0) is 14.5. The molecule has 0 spiro atoms. The molecule has 1 saturated heterocycles. The van der Waals surface area contributed by atoms with Gasteiger partial charge < -0.3 is 10.6 Å². The van der Waals surface area contributed by atoms with Crippen molar-refractivity contribution in [2.45, 2.75) is 82.2 Å². The molecule has 5 aliphatic rings. The van der Waals surface area contributed by atoms with E-state index >= 15 is 0 Å². The van der Waals surface area contributed by atoms with Crippen LogP contribution in [-0.2, 0) is 4.79 Å². The standard InChI is InChI=1S/C18H30N2O/c1-2-4-18(5-3-6-19-18)16(21)20-17-10-13-7-14(11-17)9-15(8-13)12-17/h13-15,19H,2-12H2,1H3,(H,20,21). The van der Waals surface area contributed by atoms with Gasteiger partial charge in [-0.1, -0.05) is 13.3 Å². The van der Waals surface area contributed by atoms with Crippen molar-refractivity contribution in [3.63, 3.8) is 0 Å². The first-order chi connectivity index (χ1) is 10.1. The quantitative estimate of drug-likeness (QED) is 0.835. The number of hydrogen-bond donors (Lipinski definition) is 2. The molecule has 4 saturated carbocycles. The summed E-state index contributed by atoms with van der Waals surface area (Å²) in [5.74, 6) is 3.02. The molecular weight excluding hydrogens is 260 g/mol. The topological polar surface area (TPSA) is 41.1 Å². The maximum absolute atomic E-state index is 13.1. The van der Waals surface area contributed by atoms with E-state index in [1.165, 1.54) is 38.5 Å². The van der Waals surface area contributed by atoms with E-state index < -0.39 is 0 Å². The van der Waals surface area contributed by atoms with Gasteiger partial charge in [0, 0.05) is 5.54 Å². The summed E-state index contributed by atoms with van der Waals surface area (Å²) in [5.41, 5.74) is -0.0884. The van der Waals surface area contributed by atoms with E-state index in [2.05, 4.69) is 17.6 Å². The number of nitrogens with one attached hydrogen (secondary N) is 2. The van der Waals surface area contributed by atoms with Gasteiger partial charge in [0.25, 0.3) is 0 Å². The Morgan fingerprint density at radius 1 is 1.14 bits per heavy atom. The van der Waals surface area contributed by atoms with Crippen molar-refractivity contribution in [3.05, 3.63) is 0 Å². The predicted molar refractivity (Wildman–Crippen MR) is 83.9 cm³/mol. The molecule has 1 atom stereocenters. The largest absolute Gasteiger partial charge is 0.349 e. The Morgan fingerprint density at radius 2 is 1.76 bits per heavy atom. The second-order valence-electron chi connectivity index (χ2n) is 8.51. The van der Waals surface area contributed by atoms with E-state index in [9.17, 15) is 4.79 Å². The zero-order valence-corrected chi connectivity index (χ0v) is 13.4. The Balaban J connectivity index is 1.51. The van der Waals surface area contributed by atoms with Gasteiger partial charge in [-0.05, 0) is 82.1 Å². The lowest BCUT2D eigenvalue weighted by molar-refractivity contribution is -0.133. The summed E-state index contributed by atoms with van der Waals surface area (Å²) in [5, 5.41) is 7.13. The molecule has 1 unspecified atom stereocenters. The van der Waals surface area contributed by atoms with Crippen LogP contribution in [0.2, 0.25) is 0 Å². The van der Waals surface area contributed by atoms with Crippen molar-refractivity contribution in [2.75, 3.05) is 6.54 Å². The number of hydrogen-bond acceptors (Lipinski definition) is 2. The number of rotatable bonds is 4. The van der Waals surface area contributed by atoms with Crippen molar-refractivity contribution in [1.29, 1.82) is 0 Å². The summed E-state index contributed by atoms with van der Waals surface area (Å²) in [6, 6.07) is 0. The van der Waals surface area contributed by atoms with Crippen LogP contribution in [0.4, 0.5) is 0 Å². The third-order valence-corrected chi connectivity index (χ3v) is 6.77. The lowest BCUT2D eigenvalue weighted by atomic mass is 9.53. The number of carbonyl (C=O) groups excluding carboxylic acids is 1. The van der Waals surface area contributed by atoms with E-state index in [0.29, 0.717) is 5.91 Å². The molecule has 5 fully saturated rings. The average molecular weight is 290 g/mol. The Labute approximate surface area is 128 Å². The third-order valence-electron chi connectivity index (χ3n) is 6.77. The molecule has 3 heteroatoms. The van der Waals surface area contributed by atoms with Gasteiger partial charge in [-0.25, -0.2) is 0 Å². The Hall–Kier alpha value is -0.570. The van der Waals surface area contributed by atoms with Crippen LogP contribution in [0.25, 0.3) is 0 Å². The van der Waals surface area contributed by atoms with Crippen LogP contribution in [0.3, 0.4) is 0 Å². The molecule has 21 heavy (non-hydrogen) atoms. The van der Waals surface area contributed by atoms with Crippen LogP contribution in [-0.4, -0.2) is 23.5 Å². The average Bonchev–Trinajstić information content (AvgIpc) is 2.87. The minimum absolute atomic E-state index is 0.164. The molecule has 1 aliphatic heterocycles. The van der Waals surface area contributed by atoms with Crippen LogP contribution in [0.1, 0.15) is 71.1 Å². The van der Waals surface area contributed by atoms with Crippen LogP contribution in [0, 0.1) is 17.8 Å². The van der Waals surface area contributed by atoms with Crippen molar-refractivity contribution >= 4 is 5.91 Å². The fourth-order valence-corrected chi connectivity index (χ4v) is 6.38. The lowest BCUT2D eigenvalue weighted by Crippen LogP contribution is -2.65. The van der Waals surface area contributed by atoms with Gasteiger partial charge in [0.2, 0.25) is 5.91 Å². The highest BCUT2D eigenvalue weighted by Gasteiger charge is 2.53. The number of amides is 1. The lowest BCUT2D eigenvalue weighted by Gasteiger charge is -2.57. The molecule has 118 valence electrons. The highest BCUT2D eigenvalue weighted by atomic mass is 16.2. The SMILES string of the molecule is CCCC1(C(=O)NC23CC4CC(CC(C4)C2)C3)CCCN1. The van der Waals surface area contributed by atoms with Crippen LogP contribution >= 0.6 is 0 Å². The van der Waals surface area contributed by atoms with Gasteiger partial charge in [0.15, 0.2) is 0 Å². The van der Waals surface area contributed by atoms with Crippen LogP contribution in [0.5, 0.6) is 0 Å². The van der Waals surface area contributed by atoms with Gasteiger partial charge in [0.1, 0.15) is 0 Å². The Kier molecular flexibility index (Phi) is 3.33. The van der Waals surface area contributed by atoms with Crippen LogP contribution in [0.15, 0.2) is 0 Å². The van der Waals surface area contributed by atoms with E-state index in [-0.39, 0.29) is 11.1 Å². The van der Waals surface area contributed by atoms with E-state index in [1.54, 1.807) is 0 Å². The normalized spacial score (nSPS) is 47.8. The van der Waals surface area contributed by atoms with Gasteiger partial charge in [-0.2, -0.15) is 0 Å². The summed E-state index contributed by atoms with van der Waals surface area (Å²) in [6.45, 7) is 3.20. The smallest absolute Gasteiger partial charge is 0.240 e. The van der Waals surface area contributed by atoms with Gasteiger partial charge in [-0.15, -0.1) is 0 Å². The molecule has 0 aromatic heterocycles. The monoisotopic (exact) mass is 290 g/mol. The predicted octanol–water partition coefficient (Wildman–Crippen LogP) is 2.99. The van der Waals surface area contributed by atoms with Gasteiger partial charge in [-0.3, -0.25) is 4.79 Å². The maximum Gasteiger partial charge on any atom is 0.240 e. The molecular formula is C18H30N2O. The minimum Gasteiger partial charge on any atom is -0.349 e. The van der Waals surface area contributed by atoms with E-state index in [4.69, 9.17) is 0 Å². The summed E-state index contributed by atoms with van der Waals surface area (Å²) in [4.78, 5) is 13.1. The second-order valence-corrected chi connectivity index (χ2v) is 8.51. The third kappa shape index (κ3) is 2.32. The Morgan fingerprint density at radius 3 is 2.24 bits per heavy atom. The molecule has 5 rings (SSSR count). The molecule has 0 radical (unpaired) electrons. The Bertz CT molecular complexity index is 390. The summed E-state index contributed by atoms with van der Waals surface area (Å²) in [6.07, 6.45) is 12.3. The van der Waals surface area contributed by atoms with E-state index in [0.717, 1.165) is 50.0 Å². The molecule has 4 bridgehead atoms. The summed E-state index contributed by atoms with van der Waals surface area (Å²) >= 11 is 0. The highest BCUT2D eigenvalue weighted by molar-refractivity contribution is 5.87. The first-order valence-electron chi connectivity index (χ1n) is 9.21. The molecule has 1 amide bonds. The summed E-state index contributed by atoms with van der Waals surface area (Å²) in [7, 11) is 0. The van der Waals surface area contributed by atoms with Crippen molar-refractivity contribution in [2.24, 2.45) is 17.8 Å². The fraction of sp³-hybridized carbons (Fsp3) is 0.944. The van der Waals surface area contributed by atoms with Crippen molar-refractivity contribution in [1.82, 2.24) is 10.6 Å². The van der Waals surface area contributed by atoms with Gasteiger partial charge >= 0.3 is 0 Å². The first kappa shape index (κ1) is 14.0. The van der Waals surface area contributed by atoms with E-state index in [1.807, 2.05) is 0 Å². The number of carbonyl (C=O) groups is 1. The molecule has 0 aromatic carbocycles. The summed E-state index contributed by atoms with van der Waals surface area (Å²) < 4.78 is 0. The first-order valence-corrected chi connectivity index (χ1v) is 9.21. The van der Waals surface area contributed by atoms with Gasteiger partial charge in [0.05, 0.1) is 5.54 Å². The highest BCUT2D eigenvalue weighted by Crippen LogP contribution is 2.55. The molecule has 0 aromatic rings. The maximum atomic E-state index is 13.1. The zero-order valence-electron chi connectivity index (χ0n) is 13.4. The van der Waals surface area contributed by atoms with Crippen molar-refractivity contribution in [3.8, 4) is 0 Å².